The quantitative estimate of drug-likeness (QED) is 0.664. The van der Waals surface area contributed by atoms with Crippen molar-refractivity contribution in [3.63, 3.8) is 0 Å². The predicted molar refractivity (Wildman–Crippen MR) is 80.0 cm³/mol. The molecule has 1 aromatic heterocycles. The molecule has 0 aliphatic heterocycles. The van der Waals surface area contributed by atoms with E-state index in [0.717, 1.165) is 26.7 Å². The molecular weight excluding hydrogens is 254 g/mol. The Morgan fingerprint density at radius 1 is 1.21 bits per heavy atom. The summed E-state index contributed by atoms with van der Waals surface area (Å²) in [6.45, 7) is 5.92. The largest absolute Gasteiger partial charge is 0.384 e. The molecule has 0 atom stereocenters. The number of amidine groups is 1. The Bertz CT molecular complexity index is 635. The number of aromatic nitrogens is 1. The summed E-state index contributed by atoms with van der Waals surface area (Å²) in [4.78, 5) is 6.52. The number of hydrogen-bond donors (Lipinski definition) is 2. The maximum atomic E-state index is 7.72. The van der Waals surface area contributed by atoms with E-state index >= 15 is 0 Å². The molecule has 0 amide bonds. The van der Waals surface area contributed by atoms with Crippen molar-refractivity contribution >= 4 is 17.6 Å². The van der Waals surface area contributed by atoms with Crippen molar-refractivity contribution in [1.29, 1.82) is 5.41 Å². The number of nitrogens with one attached hydrogen (secondary N) is 1. The molecule has 0 aliphatic carbocycles. The Morgan fingerprint density at radius 2 is 1.95 bits per heavy atom. The lowest BCUT2D eigenvalue weighted by Crippen LogP contribution is -2.15. The highest BCUT2D eigenvalue weighted by Crippen LogP contribution is 2.32. The van der Waals surface area contributed by atoms with Crippen molar-refractivity contribution < 1.29 is 0 Å². The van der Waals surface area contributed by atoms with E-state index in [-0.39, 0.29) is 5.84 Å². The second-order valence-corrected chi connectivity index (χ2v) is 5.67. The Morgan fingerprint density at radius 3 is 2.58 bits per heavy atom. The minimum absolute atomic E-state index is 0.0696. The summed E-state index contributed by atoms with van der Waals surface area (Å²) < 4.78 is 0. The van der Waals surface area contributed by atoms with Crippen LogP contribution in [0, 0.1) is 26.2 Å². The zero-order valence-corrected chi connectivity index (χ0v) is 12.1. The SMILES string of the molecule is Cc1cccc(Sc2cc(C)nc(C)c2C(=N)N)c1. The third kappa shape index (κ3) is 3.15. The average molecular weight is 271 g/mol. The van der Waals surface area contributed by atoms with E-state index in [1.165, 1.54) is 5.56 Å². The van der Waals surface area contributed by atoms with Crippen molar-refractivity contribution in [2.45, 2.75) is 30.6 Å². The number of nitrogen functional groups attached to an aromatic ring is 1. The Balaban J connectivity index is 2.47. The van der Waals surface area contributed by atoms with Crippen LogP contribution in [0.4, 0.5) is 0 Å². The lowest BCUT2D eigenvalue weighted by molar-refractivity contribution is 1.07. The summed E-state index contributed by atoms with van der Waals surface area (Å²) in [7, 11) is 0. The van der Waals surface area contributed by atoms with Crippen LogP contribution < -0.4 is 5.73 Å². The fourth-order valence-electron chi connectivity index (χ4n) is 2.01. The number of nitrogens with two attached hydrogens (primary N) is 1. The maximum absolute atomic E-state index is 7.72. The van der Waals surface area contributed by atoms with Gasteiger partial charge in [-0.1, -0.05) is 29.5 Å². The van der Waals surface area contributed by atoms with Gasteiger partial charge in [-0.05, 0) is 39.0 Å². The van der Waals surface area contributed by atoms with Crippen LogP contribution in [-0.4, -0.2) is 10.8 Å². The third-order valence-corrected chi connectivity index (χ3v) is 3.81. The first kappa shape index (κ1) is 13.6. The van der Waals surface area contributed by atoms with Crippen LogP contribution in [0.2, 0.25) is 0 Å². The van der Waals surface area contributed by atoms with Crippen molar-refractivity contribution in [3.05, 3.63) is 52.8 Å². The lowest BCUT2D eigenvalue weighted by atomic mass is 10.1. The van der Waals surface area contributed by atoms with Crippen molar-refractivity contribution in [2.24, 2.45) is 5.73 Å². The fraction of sp³-hybridized carbons (Fsp3) is 0.200. The molecule has 0 aliphatic rings. The summed E-state index contributed by atoms with van der Waals surface area (Å²) in [5.74, 6) is 0.0696. The summed E-state index contributed by atoms with van der Waals surface area (Å²) >= 11 is 1.62. The minimum atomic E-state index is 0.0696. The van der Waals surface area contributed by atoms with Gasteiger partial charge in [0.2, 0.25) is 0 Å². The van der Waals surface area contributed by atoms with Crippen LogP contribution in [0.1, 0.15) is 22.5 Å². The third-order valence-electron chi connectivity index (χ3n) is 2.78. The highest BCUT2D eigenvalue weighted by atomic mass is 32.2. The van der Waals surface area contributed by atoms with Gasteiger partial charge in [-0.2, -0.15) is 0 Å². The van der Waals surface area contributed by atoms with Crippen molar-refractivity contribution in [1.82, 2.24) is 4.98 Å². The van der Waals surface area contributed by atoms with Crippen LogP contribution in [0.5, 0.6) is 0 Å². The summed E-state index contributed by atoms with van der Waals surface area (Å²) in [5, 5.41) is 7.72. The number of aryl methyl sites for hydroxylation is 3. The zero-order chi connectivity index (χ0) is 14.0. The molecule has 0 saturated carbocycles. The first-order valence-corrected chi connectivity index (χ1v) is 6.86. The normalized spacial score (nSPS) is 10.5. The van der Waals surface area contributed by atoms with E-state index < -0.39 is 0 Å². The van der Waals surface area contributed by atoms with Crippen molar-refractivity contribution in [3.8, 4) is 0 Å². The summed E-state index contributed by atoms with van der Waals surface area (Å²) in [5.41, 5.74) is 9.38. The molecule has 4 heteroatoms. The van der Waals surface area contributed by atoms with Gasteiger partial charge in [-0.25, -0.2) is 0 Å². The molecule has 0 radical (unpaired) electrons. The monoisotopic (exact) mass is 271 g/mol. The van der Waals surface area contributed by atoms with Gasteiger partial charge in [0.05, 0.1) is 5.56 Å². The zero-order valence-electron chi connectivity index (χ0n) is 11.3. The average Bonchev–Trinajstić information content (AvgIpc) is 2.26. The Labute approximate surface area is 117 Å². The predicted octanol–water partition coefficient (Wildman–Crippen LogP) is 3.44. The molecule has 1 aromatic carbocycles. The molecule has 98 valence electrons. The number of benzene rings is 1. The molecule has 0 unspecified atom stereocenters. The van der Waals surface area contributed by atoms with E-state index in [9.17, 15) is 0 Å². The van der Waals surface area contributed by atoms with Crippen LogP contribution in [-0.2, 0) is 0 Å². The molecule has 0 spiro atoms. The number of rotatable bonds is 3. The lowest BCUT2D eigenvalue weighted by Gasteiger charge is -2.12. The molecule has 0 saturated heterocycles. The standard InChI is InChI=1S/C15H17N3S/c1-9-5-4-6-12(7-9)19-13-8-10(2)18-11(3)14(13)15(16)17/h4-8H,1-3H3,(H3,16,17). The first-order chi connectivity index (χ1) is 8.97. The molecule has 19 heavy (non-hydrogen) atoms. The van der Waals surface area contributed by atoms with Crippen LogP contribution in [0.25, 0.3) is 0 Å². The molecule has 3 N–H and O–H groups in total. The topological polar surface area (TPSA) is 62.8 Å². The van der Waals surface area contributed by atoms with E-state index in [1.54, 1.807) is 11.8 Å². The van der Waals surface area contributed by atoms with Crippen LogP contribution in [0.3, 0.4) is 0 Å². The first-order valence-electron chi connectivity index (χ1n) is 6.04. The number of nitrogens with zero attached hydrogens (tertiary/aromatic N) is 1. The smallest absolute Gasteiger partial charge is 0.125 e. The van der Waals surface area contributed by atoms with E-state index in [0.29, 0.717) is 0 Å². The van der Waals surface area contributed by atoms with Gasteiger partial charge in [-0.3, -0.25) is 10.4 Å². The highest BCUT2D eigenvalue weighted by Gasteiger charge is 2.12. The van der Waals surface area contributed by atoms with Gasteiger partial charge in [0.25, 0.3) is 0 Å². The van der Waals surface area contributed by atoms with Gasteiger partial charge < -0.3 is 5.73 Å². The van der Waals surface area contributed by atoms with E-state index in [2.05, 4.69) is 30.1 Å². The Kier molecular flexibility index (Phi) is 3.90. The van der Waals surface area contributed by atoms with Crippen molar-refractivity contribution in [2.75, 3.05) is 0 Å². The fourth-order valence-corrected chi connectivity index (χ4v) is 3.24. The highest BCUT2D eigenvalue weighted by molar-refractivity contribution is 7.99. The molecule has 0 bridgehead atoms. The summed E-state index contributed by atoms with van der Waals surface area (Å²) in [6.07, 6.45) is 0. The van der Waals surface area contributed by atoms with Gasteiger partial charge in [0.15, 0.2) is 0 Å². The Hall–Kier alpha value is -1.81. The minimum Gasteiger partial charge on any atom is -0.384 e. The molecule has 1 heterocycles. The molecule has 2 rings (SSSR count). The molecular formula is C15H17N3S. The van der Waals surface area contributed by atoms with E-state index in [1.807, 2.05) is 26.0 Å². The van der Waals surface area contributed by atoms with E-state index in [4.69, 9.17) is 11.1 Å². The maximum Gasteiger partial charge on any atom is 0.125 e. The molecule has 3 nitrogen and oxygen atoms in total. The second-order valence-electron chi connectivity index (χ2n) is 4.55. The second kappa shape index (κ2) is 5.45. The van der Waals surface area contributed by atoms with Crippen LogP contribution in [0.15, 0.2) is 40.1 Å². The molecule has 0 fully saturated rings. The van der Waals surface area contributed by atoms with Gasteiger partial charge >= 0.3 is 0 Å². The molecule has 2 aromatic rings. The number of pyridine rings is 1. The van der Waals surface area contributed by atoms with Gasteiger partial charge in [0, 0.05) is 21.2 Å². The van der Waals surface area contributed by atoms with Gasteiger partial charge in [-0.15, -0.1) is 0 Å². The van der Waals surface area contributed by atoms with Gasteiger partial charge in [0.1, 0.15) is 5.84 Å². The van der Waals surface area contributed by atoms with Crippen LogP contribution >= 0.6 is 11.8 Å². The summed E-state index contributed by atoms with van der Waals surface area (Å²) in [6, 6.07) is 10.3. The number of hydrogen-bond acceptors (Lipinski definition) is 3.